The smallest absolute Gasteiger partial charge is 0.417 e. The Morgan fingerprint density at radius 2 is 2.43 bits per heavy atom. The SMILES string of the molecule is CSC(=N[N+](=O)[O-])N(Cc1cnc(Cl)s1)C(=O)OC(C)Cl. The Balaban J connectivity index is 3.03. The van der Waals surface area contributed by atoms with Crippen molar-refractivity contribution < 1.29 is 14.6 Å². The number of amides is 1. The number of aromatic nitrogens is 1. The molecule has 0 saturated carbocycles. The molecule has 1 aromatic rings. The number of rotatable bonds is 4. The fourth-order valence-corrected chi connectivity index (χ4v) is 2.75. The number of ether oxygens (including phenoxy) is 1. The van der Waals surface area contributed by atoms with E-state index in [1.807, 2.05) is 0 Å². The number of thioether (sulfide) groups is 1. The van der Waals surface area contributed by atoms with Crippen molar-refractivity contribution in [1.82, 2.24) is 9.88 Å². The molecule has 1 rings (SSSR count). The quantitative estimate of drug-likeness (QED) is 0.264. The van der Waals surface area contributed by atoms with Crippen LogP contribution in [0.15, 0.2) is 11.3 Å². The molecule has 1 atom stereocenters. The van der Waals surface area contributed by atoms with Crippen LogP contribution in [0.1, 0.15) is 11.8 Å². The van der Waals surface area contributed by atoms with E-state index in [0.29, 0.717) is 9.34 Å². The first-order chi connectivity index (χ1) is 9.83. The average Bonchev–Trinajstić information content (AvgIpc) is 2.78. The molecule has 0 fully saturated rings. The Bertz CT molecular complexity index is 552. The molecule has 8 nitrogen and oxygen atoms in total. The molecule has 1 heterocycles. The molecule has 116 valence electrons. The van der Waals surface area contributed by atoms with Crippen LogP contribution in [0, 0.1) is 10.1 Å². The van der Waals surface area contributed by atoms with Crippen LogP contribution in [-0.2, 0) is 11.3 Å². The van der Waals surface area contributed by atoms with Gasteiger partial charge in [-0.25, -0.2) is 24.8 Å². The maximum absolute atomic E-state index is 12.0. The lowest BCUT2D eigenvalue weighted by Crippen LogP contribution is -2.36. The zero-order chi connectivity index (χ0) is 16.0. The second kappa shape index (κ2) is 8.37. The standard InChI is InChI=1S/C9H10Cl2N4O4S2/c1-5(10)19-9(16)14(8(20-2)13-15(17)18)4-6-3-12-7(11)21-6/h3,5H,4H2,1-2H3. The third-order valence-electron chi connectivity index (χ3n) is 1.90. The fraction of sp³-hybridized carbons (Fsp3) is 0.444. The van der Waals surface area contributed by atoms with Crippen LogP contribution in [0.25, 0.3) is 0 Å². The molecule has 0 saturated heterocycles. The van der Waals surface area contributed by atoms with Crippen molar-refractivity contribution in [3.05, 3.63) is 25.7 Å². The number of halogens is 2. The van der Waals surface area contributed by atoms with E-state index < -0.39 is 16.7 Å². The summed E-state index contributed by atoms with van der Waals surface area (Å²) in [5, 5.41) is 12.7. The van der Waals surface area contributed by atoms with Crippen LogP contribution in [0.5, 0.6) is 0 Å². The molecule has 0 bridgehead atoms. The van der Waals surface area contributed by atoms with E-state index in [1.165, 1.54) is 13.1 Å². The van der Waals surface area contributed by atoms with Gasteiger partial charge >= 0.3 is 6.09 Å². The monoisotopic (exact) mass is 372 g/mol. The zero-order valence-electron chi connectivity index (χ0n) is 10.9. The van der Waals surface area contributed by atoms with Crippen molar-refractivity contribution in [2.45, 2.75) is 19.0 Å². The molecular formula is C9H10Cl2N4O4S2. The summed E-state index contributed by atoms with van der Waals surface area (Å²) in [4.78, 5) is 28.0. The van der Waals surface area contributed by atoms with Gasteiger partial charge in [0.25, 0.3) is 0 Å². The second-order valence-corrected chi connectivity index (χ2v) is 6.50. The Morgan fingerprint density at radius 3 is 2.86 bits per heavy atom. The minimum Gasteiger partial charge on any atom is -0.430 e. The molecule has 1 amide bonds. The van der Waals surface area contributed by atoms with Crippen LogP contribution in [0.3, 0.4) is 0 Å². The lowest BCUT2D eigenvalue weighted by molar-refractivity contribution is -0.485. The van der Waals surface area contributed by atoms with Crippen molar-refractivity contribution in [2.75, 3.05) is 6.26 Å². The van der Waals surface area contributed by atoms with Crippen molar-refractivity contribution in [2.24, 2.45) is 5.10 Å². The van der Waals surface area contributed by atoms with Gasteiger partial charge in [-0.05, 0) is 13.2 Å². The summed E-state index contributed by atoms with van der Waals surface area (Å²) in [6, 6.07) is 0. The average molecular weight is 373 g/mol. The van der Waals surface area contributed by atoms with Gasteiger partial charge in [0.05, 0.1) is 11.6 Å². The molecule has 0 aliphatic rings. The Labute approximate surface area is 138 Å². The maximum Gasteiger partial charge on any atom is 0.417 e. The predicted molar refractivity (Wildman–Crippen MR) is 82.4 cm³/mol. The highest BCUT2D eigenvalue weighted by Crippen LogP contribution is 2.21. The van der Waals surface area contributed by atoms with E-state index in [0.717, 1.165) is 28.0 Å². The molecule has 0 spiro atoms. The van der Waals surface area contributed by atoms with Gasteiger partial charge in [-0.2, -0.15) is 0 Å². The number of thiazole rings is 1. The number of carbonyl (C=O) groups excluding carboxylic acids is 1. The molecule has 0 N–H and O–H groups in total. The first-order valence-corrected chi connectivity index (χ1v) is 8.18. The third-order valence-corrected chi connectivity index (χ3v) is 3.76. The van der Waals surface area contributed by atoms with E-state index in [-0.39, 0.29) is 11.7 Å². The number of alkyl halides is 1. The van der Waals surface area contributed by atoms with Crippen LogP contribution < -0.4 is 0 Å². The highest BCUT2D eigenvalue weighted by molar-refractivity contribution is 8.13. The summed E-state index contributed by atoms with van der Waals surface area (Å²) in [6.07, 6.45) is 2.16. The summed E-state index contributed by atoms with van der Waals surface area (Å²) in [5.41, 5.74) is -0.885. The van der Waals surface area contributed by atoms with E-state index in [2.05, 4.69) is 10.1 Å². The van der Waals surface area contributed by atoms with Crippen molar-refractivity contribution >= 4 is 57.6 Å². The summed E-state index contributed by atoms with van der Waals surface area (Å²) in [7, 11) is 0. The van der Waals surface area contributed by atoms with Gasteiger partial charge in [0.1, 0.15) is 0 Å². The molecule has 0 aliphatic heterocycles. The molecule has 0 radical (unpaired) electrons. The number of carbonyl (C=O) groups is 1. The number of hydrazone groups is 1. The van der Waals surface area contributed by atoms with Crippen LogP contribution in [0.2, 0.25) is 4.47 Å². The molecule has 12 heteroatoms. The van der Waals surface area contributed by atoms with Gasteiger partial charge in [0, 0.05) is 11.1 Å². The van der Waals surface area contributed by atoms with Crippen LogP contribution >= 0.6 is 46.3 Å². The summed E-state index contributed by atoms with van der Waals surface area (Å²) < 4.78 is 5.14. The van der Waals surface area contributed by atoms with Gasteiger partial charge in [0.2, 0.25) is 5.17 Å². The van der Waals surface area contributed by atoms with E-state index in [4.69, 9.17) is 27.9 Å². The first kappa shape index (κ1) is 18.0. The van der Waals surface area contributed by atoms with Gasteiger partial charge < -0.3 is 4.74 Å². The topological polar surface area (TPSA) is 97.9 Å². The Hall–Kier alpha value is -1.10. The summed E-state index contributed by atoms with van der Waals surface area (Å²) in [5.74, 6) is 0. The molecule has 0 aromatic carbocycles. The largest absolute Gasteiger partial charge is 0.430 e. The highest BCUT2D eigenvalue weighted by Gasteiger charge is 2.26. The number of nitro groups is 1. The van der Waals surface area contributed by atoms with Gasteiger partial charge in [0.15, 0.2) is 15.1 Å². The van der Waals surface area contributed by atoms with E-state index in [9.17, 15) is 14.9 Å². The fourth-order valence-electron chi connectivity index (χ4n) is 1.20. The summed E-state index contributed by atoms with van der Waals surface area (Å²) in [6.45, 7) is 1.44. The predicted octanol–water partition coefficient (Wildman–Crippen LogP) is 3.23. The minimum absolute atomic E-state index is 0.0135. The second-order valence-electron chi connectivity index (χ2n) is 3.42. The highest BCUT2D eigenvalue weighted by atomic mass is 35.5. The molecule has 1 unspecified atom stereocenters. The first-order valence-electron chi connectivity index (χ1n) is 5.33. The Kier molecular flexibility index (Phi) is 7.15. The maximum atomic E-state index is 12.0. The lowest BCUT2D eigenvalue weighted by atomic mass is 10.5. The lowest BCUT2D eigenvalue weighted by Gasteiger charge is -2.20. The van der Waals surface area contributed by atoms with Crippen molar-refractivity contribution in [3.63, 3.8) is 0 Å². The molecule has 21 heavy (non-hydrogen) atoms. The summed E-state index contributed by atoms with van der Waals surface area (Å²) >= 11 is 13.4. The van der Waals surface area contributed by atoms with Crippen LogP contribution in [0.4, 0.5) is 4.79 Å². The van der Waals surface area contributed by atoms with Crippen LogP contribution in [-0.4, -0.2) is 38.0 Å². The minimum atomic E-state index is -0.893. The normalized spacial score (nSPS) is 12.9. The van der Waals surface area contributed by atoms with Gasteiger partial charge in [-0.3, -0.25) is 0 Å². The number of nitrogens with zero attached hydrogens (tertiary/aromatic N) is 4. The van der Waals surface area contributed by atoms with Gasteiger partial charge in [-0.15, -0.1) is 11.3 Å². The number of hydrogen-bond donors (Lipinski definition) is 0. The van der Waals surface area contributed by atoms with Crippen molar-refractivity contribution in [3.8, 4) is 0 Å². The molecular weight excluding hydrogens is 363 g/mol. The Morgan fingerprint density at radius 1 is 1.76 bits per heavy atom. The number of hydrogen-bond acceptors (Lipinski definition) is 7. The molecule has 1 aromatic heterocycles. The van der Waals surface area contributed by atoms with Gasteiger partial charge in [-0.1, -0.05) is 35.0 Å². The van der Waals surface area contributed by atoms with E-state index >= 15 is 0 Å². The zero-order valence-corrected chi connectivity index (χ0v) is 14.0. The van der Waals surface area contributed by atoms with E-state index in [1.54, 1.807) is 6.26 Å². The molecule has 0 aliphatic carbocycles. The van der Waals surface area contributed by atoms with Crippen molar-refractivity contribution in [1.29, 1.82) is 0 Å². The third kappa shape index (κ3) is 6.04. The number of amidine groups is 1.